The quantitative estimate of drug-likeness (QED) is 0.526. The van der Waals surface area contributed by atoms with Crippen molar-refractivity contribution in [2.75, 3.05) is 0 Å². The molecule has 0 radical (unpaired) electrons. The van der Waals surface area contributed by atoms with Crippen molar-refractivity contribution in [2.45, 2.75) is 9.92 Å². The molecule has 9 heteroatoms. The molecule has 30 heavy (non-hydrogen) atoms. The Hall–Kier alpha value is -3.85. The first-order valence-electron chi connectivity index (χ1n) is 8.73. The Bertz CT molecular complexity index is 1320. The molecule has 0 saturated heterocycles. The van der Waals surface area contributed by atoms with Gasteiger partial charge in [0.2, 0.25) is 14.9 Å². The second-order valence-electron chi connectivity index (χ2n) is 6.33. The third-order valence-electron chi connectivity index (χ3n) is 4.42. The minimum Gasteiger partial charge on any atom is -0.478 e. The van der Waals surface area contributed by atoms with E-state index < -0.39 is 21.6 Å². The third kappa shape index (κ3) is 3.46. The Morgan fingerprint density at radius 1 is 0.900 bits per heavy atom. The number of halogens is 1. The van der Waals surface area contributed by atoms with Crippen molar-refractivity contribution in [3.05, 3.63) is 90.2 Å². The van der Waals surface area contributed by atoms with Crippen LogP contribution in [0.1, 0.15) is 10.4 Å². The van der Waals surface area contributed by atoms with Gasteiger partial charge in [-0.05, 0) is 60.7 Å². The molecule has 0 saturated carbocycles. The number of nitrogens with zero attached hydrogens (tertiary/aromatic N) is 3. The van der Waals surface area contributed by atoms with Crippen molar-refractivity contribution in [3.8, 4) is 16.9 Å². The van der Waals surface area contributed by atoms with Gasteiger partial charge in [0.15, 0.2) is 0 Å². The number of carboxylic acid groups (broad SMARTS) is 1. The molecule has 1 heterocycles. The van der Waals surface area contributed by atoms with Crippen LogP contribution in [-0.4, -0.2) is 34.5 Å². The number of carbonyl (C=O) groups is 1. The van der Waals surface area contributed by atoms with Crippen LogP contribution in [0.5, 0.6) is 0 Å². The maximum Gasteiger partial charge on any atom is 0.335 e. The zero-order chi connectivity index (χ0) is 21.3. The van der Waals surface area contributed by atoms with Gasteiger partial charge in [-0.1, -0.05) is 23.4 Å². The minimum absolute atomic E-state index is 0.0432. The van der Waals surface area contributed by atoms with Gasteiger partial charge < -0.3 is 5.11 Å². The van der Waals surface area contributed by atoms with Crippen LogP contribution in [0.15, 0.2) is 88.8 Å². The molecule has 4 rings (SSSR count). The average molecular weight is 423 g/mol. The molecule has 0 aliphatic rings. The number of benzene rings is 3. The summed E-state index contributed by atoms with van der Waals surface area (Å²) in [6.45, 7) is 0. The lowest BCUT2D eigenvalue weighted by molar-refractivity contribution is 0.0697. The molecule has 0 spiro atoms. The van der Waals surface area contributed by atoms with Gasteiger partial charge in [0.25, 0.3) is 0 Å². The Morgan fingerprint density at radius 2 is 1.53 bits per heavy atom. The summed E-state index contributed by atoms with van der Waals surface area (Å²) >= 11 is 0. The van der Waals surface area contributed by atoms with Crippen molar-refractivity contribution in [3.63, 3.8) is 0 Å². The van der Waals surface area contributed by atoms with Gasteiger partial charge in [-0.2, -0.15) is 0 Å². The second-order valence-corrected chi connectivity index (χ2v) is 8.20. The Labute approximate surface area is 171 Å². The van der Waals surface area contributed by atoms with E-state index in [1.165, 1.54) is 65.3 Å². The molecule has 0 aliphatic carbocycles. The predicted octanol–water partition coefficient (Wildman–Crippen LogP) is 3.60. The van der Waals surface area contributed by atoms with Gasteiger partial charge in [-0.15, -0.1) is 5.10 Å². The topological polar surface area (TPSA) is 102 Å². The highest BCUT2D eigenvalue weighted by Gasteiger charge is 2.29. The average Bonchev–Trinajstić information content (AvgIpc) is 3.21. The fourth-order valence-corrected chi connectivity index (χ4v) is 4.28. The molecular formula is C21H14FN3O4S. The van der Waals surface area contributed by atoms with Crippen LogP contribution >= 0.6 is 0 Å². The van der Waals surface area contributed by atoms with Crippen molar-refractivity contribution in [1.82, 2.24) is 15.0 Å². The summed E-state index contributed by atoms with van der Waals surface area (Å²) in [5.74, 6) is -1.57. The summed E-state index contributed by atoms with van der Waals surface area (Å²) in [5.41, 5.74) is 1.00. The molecule has 0 bridgehead atoms. The van der Waals surface area contributed by atoms with E-state index in [4.69, 9.17) is 5.11 Å². The van der Waals surface area contributed by atoms with Gasteiger partial charge in [0.1, 0.15) is 11.5 Å². The number of sulfone groups is 1. The van der Waals surface area contributed by atoms with Gasteiger partial charge in [0.05, 0.1) is 16.1 Å². The number of aromatic nitrogens is 3. The first-order chi connectivity index (χ1) is 14.4. The van der Waals surface area contributed by atoms with Gasteiger partial charge >= 0.3 is 5.97 Å². The standard InChI is InChI=1S/C21H14FN3O4S/c22-16-10-6-14(7-11-16)19-20(30(28,29)18-4-2-1-3-5-18)23-24-25(19)17-12-8-15(9-13-17)21(26)27/h1-13H,(H,26,27). The van der Waals surface area contributed by atoms with Crippen LogP contribution in [0.3, 0.4) is 0 Å². The summed E-state index contributed by atoms with van der Waals surface area (Å²) in [6.07, 6.45) is 0. The molecule has 0 aliphatic heterocycles. The molecule has 4 aromatic rings. The number of hydrogen-bond donors (Lipinski definition) is 1. The smallest absolute Gasteiger partial charge is 0.335 e. The van der Waals surface area contributed by atoms with E-state index >= 15 is 0 Å². The SMILES string of the molecule is O=C(O)c1ccc(-n2nnc(S(=O)(=O)c3ccccc3)c2-c2ccc(F)cc2)cc1. The van der Waals surface area contributed by atoms with Gasteiger partial charge in [-0.25, -0.2) is 22.3 Å². The highest BCUT2D eigenvalue weighted by Crippen LogP contribution is 2.31. The van der Waals surface area contributed by atoms with Crippen molar-refractivity contribution in [2.24, 2.45) is 0 Å². The molecule has 1 aromatic heterocycles. The maximum atomic E-state index is 13.5. The van der Waals surface area contributed by atoms with Crippen molar-refractivity contribution in [1.29, 1.82) is 0 Å². The summed E-state index contributed by atoms with van der Waals surface area (Å²) in [7, 11) is -4.02. The second kappa shape index (κ2) is 7.53. The molecule has 0 amide bonds. The number of aromatic carboxylic acids is 1. The fourth-order valence-electron chi connectivity index (χ4n) is 2.94. The Kier molecular flexibility index (Phi) is 4.88. The molecule has 1 N–H and O–H groups in total. The number of hydrogen-bond acceptors (Lipinski definition) is 5. The zero-order valence-electron chi connectivity index (χ0n) is 15.3. The normalized spacial score (nSPS) is 11.4. The third-order valence-corrected chi connectivity index (χ3v) is 6.10. The number of carboxylic acids is 1. The summed E-state index contributed by atoms with van der Waals surface area (Å²) in [5, 5.41) is 16.7. The van der Waals surface area contributed by atoms with Crippen LogP contribution in [0.4, 0.5) is 4.39 Å². The lowest BCUT2D eigenvalue weighted by atomic mass is 10.1. The first kappa shape index (κ1) is 19.5. The van der Waals surface area contributed by atoms with Crippen LogP contribution in [0, 0.1) is 5.82 Å². The summed E-state index contributed by atoms with van der Waals surface area (Å²) in [4.78, 5) is 11.2. The van der Waals surface area contributed by atoms with E-state index in [2.05, 4.69) is 10.3 Å². The van der Waals surface area contributed by atoms with E-state index in [0.29, 0.717) is 11.3 Å². The van der Waals surface area contributed by atoms with Crippen LogP contribution in [0.2, 0.25) is 0 Å². The molecule has 3 aromatic carbocycles. The number of rotatable bonds is 5. The van der Waals surface area contributed by atoms with Crippen molar-refractivity contribution < 1.29 is 22.7 Å². The predicted molar refractivity (Wildman–Crippen MR) is 106 cm³/mol. The largest absolute Gasteiger partial charge is 0.478 e. The van der Waals surface area contributed by atoms with Crippen LogP contribution < -0.4 is 0 Å². The molecule has 150 valence electrons. The molecule has 0 unspecified atom stereocenters. The molecular weight excluding hydrogens is 409 g/mol. The van der Waals surface area contributed by atoms with E-state index in [1.54, 1.807) is 18.2 Å². The highest BCUT2D eigenvalue weighted by atomic mass is 32.2. The zero-order valence-corrected chi connectivity index (χ0v) is 16.1. The van der Waals surface area contributed by atoms with Crippen LogP contribution in [0.25, 0.3) is 16.9 Å². The van der Waals surface area contributed by atoms with E-state index in [0.717, 1.165) is 0 Å². The lowest BCUT2D eigenvalue weighted by Crippen LogP contribution is -2.06. The van der Waals surface area contributed by atoms with Crippen LogP contribution in [-0.2, 0) is 9.84 Å². The first-order valence-corrected chi connectivity index (χ1v) is 10.2. The molecule has 0 atom stereocenters. The monoisotopic (exact) mass is 423 g/mol. The van der Waals surface area contributed by atoms with Gasteiger partial charge in [-0.3, -0.25) is 0 Å². The molecule has 7 nitrogen and oxygen atoms in total. The Balaban J connectivity index is 1.94. The van der Waals surface area contributed by atoms with E-state index in [1.807, 2.05) is 0 Å². The molecule has 0 fully saturated rings. The Morgan fingerprint density at radius 3 is 2.13 bits per heavy atom. The van der Waals surface area contributed by atoms with Gasteiger partial charge in [0, 0.05) is 5.56 Å². The van der Waals surface area contributed by atoms with E-state index in [9.17, 15) is 17.6 Å². The highest BCUT2D eigenvalue weighted by molar-refractivity contribution is 7.91. The fraction of sp³-hybridized carbons (Fsp3) is 0. The minimum atomic E-state index is -4.02. The van der Waals surface area contributed by atoms with E-state index in [-0.39, 0.29) is 21.2 Å². The lowest BCUT2D eigenvalue weighted by Gasteiger charge is -2.09. The summed E-state index contributed by atoms with van der Waals surface area (Å²) < 4.78 is 41.2. The van der Waals surface area contributed by atoms with Crippen molar-refractivity contribution >= 4 is 15.8 Å². The summed E-state index contributed by atoms with van der Waals surface area (Å²) in [6, 6.07) is 18.8. The maximum absolute atomic E-state index is 13.5.